The highest BCUT2D eigenvalue weighted by molar-refractivity contribution is 6.18. The van der Waals surface area contributed by atoms with Crippen LogP contribution >= 0.6 is 0 Å². The van der Waals surface area contributed by atoms with Gasteiger partial charge in [-0.3, -0.25) is 14.4 Å². The number of allylic oxidation sites excluding steroid dienone is 1. The molecule has 40 heavy (non-hydrogen) atoms. The van der Waals surface area contributed by atoms with Crippen molar-refractivity contribution in [2.45, 2.75) is 24.4 Å². The van der Waals surface area contributed by atoms with Gasteiger partial charge in [0.15, 0.2) is 11.6 Å². The number of para-hydroxylation sites is 2. The number of nitrogens with one attached hydrogen (secondary N) is 1. The number of hydrogen-bond donors (Lipinski definition) is 1. The third-order valence-electron chi connectivity index (χ3n) is 8.63. The molecule has 4 aromatic rings. The minimum atomic E-state index is -1.47. The van der Waals surface area contributed by atoms with Crippen molar-refractivity contribution in [3.05, 3.63) is 137 Å². The number of anilines is 2. The van der Waals surface area contributed by atoms with E-state index < -0.39 is 35.0 Å². The van der Waals surface area contributed by atoms with Gasteiger partial charge in [0, 0.05) is 22.5 Å². The first-order chi connectivity index (χ1) is 19.4. The molecule has 1 saturated heterocycles. The number of rotatable bonds is 4. The van der Waals surface area contributed by atoms with E-state index in [1.54, 1.807) is 36.4 Å². The van der Waals surface area contributed by atoms with E-state index in [2.05, 4.69) is 5.32 Å². The van der Waals surface area contributed by atoms with Crippen LogP contribution in [0.4, 0.5) is 15.8 Å². The minimum Gasteiger partial charge on any atom is -0.352 e. The van der Waals surface area contributed by atoms with Crippen molar-refractivity contribution in [1.29, 1.82) is 0 Å². The maximum absolute atomic E-state index is 15.3. The number of benzene rings is 4. The second kappa shape index (κ2) is 8.85. The molecule has 0 unspecified atom stereocenters. The molecule has 1 amide bonds. The summed E-state index contributed by atoms with van der Waals surface area (Å²) in [7, 11) is 0. The molecule has 3 aliphatic heterocycles. The fourth-order valence-corrected chi connectivity index (χ4v) is 6.99. The van der Waals surface area contributed by atoms with E-state index in [0.29, 0.717) is 16.8 Å². The molecular formula is C34H25FN2O3. The normalized spacial score (nSPS) is 24.1. The topological polar surface area (TPSA) is 66.5 Å². The van der Waals surface area contributed by atoms with E-state index in [1.165, 1.54) is 18.2 Å². The first kappa shape index (κ1) is 24.2. The molecule has 3 aliphatic rings. The quantitative estimate of drug-likeness (QED) is 0.327. The Balaban J connectivity index is 1.57. The Hall–Kier alpha value is -4.84. The number of halogens is 1. The van der Waals surface area contributed by atoms with E-state index >= 15 is 4.39 Å². The minimum absolute atomic E-state index is 0.135. The summed E-state index contributed by atoms with van der Waals surface area (Å²) in [6, 6.07) is 27.9. The number of nitrogens with zero attached hydrogens (tertiary/aromatic N) is 1. The van der Waals surface area contributed by atoms with Gasteiger partial charge in [0.1, 0.15) is 17.3 Å². The van der Waals surface area contributed by atoms with Gasteiger partial charge >= 0.3 is 0 Å². The van der Waals surface area contributed by atoms with Crippen LogP contribution < -0.4 is 10.2 Å². The molecule has 3 heterocycles. The summed E-state index contributed by atoms with van der Waals surface area (Å²) < 4.78 is 15.3. The predicted octanol–water partition coefficient (Wildman–Crippen LogP) is 6.07. The van der Waals surface area contributed by atoms with Gasteiger partial charge in [-0.15, -0.1) is 0 Å². The van der Waals surface area contributed by atoms with Crippen LogP contribution in [0.2, 0.25) is 0 Å². The van der Waals surface area contributed by atoms with E-state index in [9.17, 15) is 14.4 Å². The molecule has 5 nitrogen and oxygen atoms in total. The maximum atomic E-state index is 15.3. The highest BCUT2D eigenvalue weighted by Gasteiger charge is 2.70. The monoisotopic (exact) mass is 528 g/mol. The average molecular weight is 529 g/mol. The second-order valence-corrected chi connectivity index (χ2v) is 10.6. The molecule has 0 saturated carbocycles. The Labute approximate surface area is 231 Å². The summed E-state index contributed by atoms with van der Waals surface area (Å²) in [4.78, 5) is 45.5. The average Bonchev–Trinajstić information content (AvgIpc) is 3.45. The van der Waals surface area contributed by atoms with Crippen LogP contribution in [0.25, 0.3) is 5.57 Å². The summed E-state index contributed by atoms with van der Waals surface area (Å²) in [5.41, 5.74) is 2.67. The molecular weight excluding hydrogens is 503 g/mol. The van der Waals surface area contributed by atoms with Gasteiger partial charge in [-0.05, 0) is 42.3 Å². The molecule has 7 rings (SSSR count). The lowest BCUT2D eigenvalue weighted by Crippen LogP contribution is -2.51. The van der Waals surface area contributed by atoms with Gasteiger partial charge < -0.3 is 10.2 Å². The van der Waals surface area contributed by atoms with Crippen molar-refractivity contribution in [1.82, 2.24) is 0 Å². The van der Waals surface area contributed by atoms with Gasteiger partial charge in [0.2, 0.25) is 5.91 Å². The largest absolute Gasteiger partial charge is 0.352 e. The van der Waals surface area contributed by atoms with E-state index in [0.717, 1.165) is 16.8 Å². The molecule has 0 radical (unpaired) electrons. The number of fused-ring (bicyclic) bond motifs is 6. The molecule has 6 heteroatoms. The van der Waals surface area contributed by atoms with Crippen LogP contribution in [-0.4, -0.2) is 29.6 Å². The van der Waals surface area contributed by atoms with E-state index in [4.69, 9.17) is 0 Å². The van der Waals surface area contributed by atoms with Crippen molar-refractivity contribution >= 4 is 34.4 Å². The number of ketones is 2. The first-order valence-corrected chi connectivity index (χ1v) is 13.3. The Morgan fingerprint density at radius 2 is 1.50 bits per heavy atom. The van der Waals surface area contributed by atoms with Crippen LogP contribution in [-0.2, 0) is 10.2 Å². The summed E-state index contributed by atoms with van der Waals surface area (Å²) in [5, 5.41) is 3.00. The Morgan fingerprint density at radius 3 is 2.30 bits per heavy atom. The summed E-state index contributed by atoms with van der Waals surface area (Å²) in [5.74, 6) is -3.13. The lowest BCUT2D eigenvalue weighted by Gasteiger charge is -2.39. The lowest BCUT2D eigenvalue weighted by molar-refractivity contribution is -0.121. The van der Waals surface area contributed by atoms with Crippen molar-refractivity contribution < 1.29 is 18.8 Å². The number of carbonyl (C=O) groups excluding carboxylic acids is 3. The standard InChI is InChI=1S/C34H25FN2O3/c1-20-19-28-34(24-15-7-9-17-26(24)36-33(34)40)29(32(39)23-14-5-8-16-25(23)35)30(31(38)21-11-3-2-4-12-21)37(28)27-18-10-6-13-22(20)27/h2-19,28-30H,1H3,(H,36,40)/t28-,29+,30-,34-/m0/s1. The van der Waals surface area contributed by atoms with Crippen molar-refractivity contribution in [2.75, 3.05) is 10.2 Å². The number of amides is 1. The molecule has 4 atom stereocenters. The Bertz CT molecular complexity index is 1750. The summed E-state index contributed by atoms with van der Waals surface area (Å²) in [6.45, 7) is 1.97. The first-order valence-electron chi connectivity index (χ1n) is 13.3. The molecule has 1 spiro atoms. The van der Waals surface area contributed by atoms with Crippen molar-refractivity contribution in [3.8, 4) is 0 Å². The third-order valence-corrected chi connectivity index (χ3v) is 8.63. The van der Waals surface area contributed by atoms with Crippen LogP contribution in [0.5, 0.6) is 0 Å². The maximum Gasteiger partial charge on any atom is 0.238 e. The number of carbonyl (C=O) groups is 3. The zero-order valence-corrected chi connectivity index (χ0v) is 21.7. The van der Waals surface area contributed by atoms with Crippen LogP contribution in [0.1, 0.15) is 38.8 Å². The van der Waals surface area contributed by atoms with Crippen molar-refractivity contribution in [2.24, 2.45) is 5.92 Å². The number of hydrogen-bond acceptors (Lipinski definition) is 4. The number of Topliss-reactive ketones (excluding diaryl/α,β-unsaturated/α-hetero) is 2. The zero-order chi connectivity index (χ0) is 27.6. The van der Waals surface area contributed by atoms with Crippen molar-refractivity contribution in [3.63, 3.8) is 0 Å². The smallest absolute Gasteiger partial charge is 0.238 e. The lowest BCUT2D eigenvalue weighted by atomic mass is 9.64. The second-order valence-electron chi connectivity index (χ2n) is 10.6. The summed E-state index contributed by atoms with van der Waals surface area (Å²) >= 11 is 0. The zero-order valence-electron chi connectivity index (χ0n) is 21.7. The molecule has 196 valence electrons. The molecule has 0 bridgehead atoms. The van der Waals surface area contributed by atoms with Gasteiger partial charge in [0.25, 0.3) is 0 Å². The fourth-order valence-electron chi connectivity index (χ4n) is 6.99. The Morgan fingerprint density at radius 1 is 0.825 bits per heavy atom. The van der Waals surface area contributed by atoms with Gasteiger partial charge in [-0.1, -0.05) is 84.9 Å². The van der Waals surface area contributed by atoms with Crippen LogP contribution in [0, 0.1) is 11.7 Å². The SMILES string of the molecule is CC1=C[C@@H]2N(c3ccccc31)[C@H](C(=O)c1ccccc1)[C@H](C(=O)c1ccccc1F)[C@@]21C(=O)Nc2ccccc21. The van der Waals surface area contributed by atoms with E-state index in [1.807, 2.05) is 66.4 Å². The molecule has 0 aliphatic carbocycles. The van der Waals surface area contributed by atoms with Crippen LogP contribution in [0.15, 0.2) is 109 Å². The van der Waals surface area contributed by atoms with Gasteiger partial charge in [0.05, 0.1) is 17.5 Å². The van der Waals surface area contributed by atoms with E-state index in [-0.39, 0.29) is 17.3 Å². The molecule has 1 N–H and O–H groups in total. The highest BCUT2D eigenvalue weighted by atomic mass is 19.1. The fraction of sp³-hybridized carbons (Fsp3) is 0.147. The molecule has 1 fully saturated rings. The van der Waals surface area contributed by atoms with Gasteiger partial charge in [-0.2, -0.15) is 0 Å². The molecule has 4 aromatic carbocycles. The predicted molar refractivity (Wildman–Crippen MR) is 152 cm³/mol. The van der Waals surface area contributed by atoms with Crippen LogP contribution in [0.3, 0.4) is 0 Å². The third kappa shape index (κ3) is 3.16. The molecule has 0 aromatic heterocycles. The highest BCUT2D eigenvalue weighted by Crippen LogP contribution is 2.58. The summed E-state index contributed by atoms with van der Waals surface area (Å²) in [6.07, 6.45) is 1.99. The Kier molecular flexibility index (Phi) is 5.36. The van der Waals surface area contributed by atoms with Gasteiger partial charge in [-0.25, -0.2) is 4.39 Å².